The molecule has 98 valence electrons. The summed E-state index contributed by atoms with van der Waals surface area (Å²) in [6.45, 7) is -0.207. The van der Waals surface area contributed by atoms with Crippen molar-refractivity contribution in [1.29, 1.82) is 0 Å². The van der Waals surface area contributed by atoms with Gasteiger partial charge >= 0.3 is 5.97 Å². The summed E-state index contributed by atoms with van der Waals surface area (Å²) < 4.78 is 10.7. The molecule has 0 atom stereocenters. The lowest BCUT2D eigenvalue weighted by Crippen LogP contribution is -2.35. The first-order chi connectivity index (χ1) is 8.52. The fourth-order valence-corrected chi connectivity index (χ4v) is 1.54. The van der Waals surface area contributed by atoms with Gasteiger partial charge in [0.25, 0.3) is 5.91 Å². The van der Waals surface area contributed by atoms with Crippen LogP contribution in [0, 0.1) is 0 Å². The molecule has 0 N–H and O–H groups in total. The predicted molar refractivity (Wildman–Crippen MR) is 69.3 cm³/mol. The largest absolute Gasteiger partial charge is 0.484 e. The van der Waals surface area contributed by atoms with Gasteiger partial charge < -0.3 is 14.4 Å². The van der Waals surface area contributed by atoms with E-state index in [1.807, 2.05) is 12.1 Å². The van der Waals surface area contributed by atoms with Gasteiger partial charge in [-0.25, -0.2) is 0 Å². The van der Waals surface area contributed by atoms with E-state index in [0.29, 0.717) is 5.75 Å². The van der Waals surface area contributed by atoms with Crippen molar-refractivity contribution in [3.63, 3.8) is 0 Å². The molecule has 0 radical (unpaired) electrons. The molecule has 0 aliphatic carbocycles. The molecule has 0 saturated carbocycles. The number of ether oxygens (including phenoxy) is 2. The summed E-state index contributed by atoms with van der Waals surface area (Å²) in [6.07, 6.45) is 0. The Hall–Kier alpha value is -1.56. The maximum atomic E-state index is 11.6. The second-order valence-electron chi connectivity index (χ2n) is 3.57. The molecule has 18 heavy (non-hydrogen) atoms. The molecule has 0 aliphatic heterocycles. The zero-order valence-corrected chi connectivity index (χ0v) is 11.8. The number of carbonyl (C=O) groups excluding carboxylic acids is 2. The van der Waals surface area contributed by atoms with E-state index in [9.17, 15) is 9.59 Å². The third-order valence-electron chi connectivity index (χ3n) is 2.18. The minimum Gasteiger partial charge on any atom is -0.484 e. The number of nitrogens with zero attached hydrogens (tertiary/aromatic N) is 1. The van der Waals surface area contributed by atoms with E-state index in [1.54, 1.807) is 12.1 Å². The van der Waals surface area contributed by atoms with E-state index in [0.717, 1.165) is 4.47 Å². The van der Waals surface area contributed by atoms with Crippen LogP contribution in [-0.4, -0.2) is 44.1 Å². The minimum absolute atomic E-state index is 0.0861. The third kappa shape index (κ3) is 4.75. The molecule has 6 heteroatoms. The number of benzene rings is 1. The van der Waals surface area contributed by atoms with Crippen LogP contribution in [0.5, 0.6) is 5.75 Å². The van der Waals surface area contributed by atoms with Gasteiger partial charge in [-0.2, -0.15) is 0 Å². The number of halogens is 1. The van der Waals surface area contributed by atoms with E-state index < -0.39 is 5.97 Å². The van der Waals surface area contributed by atoms with Crippen LogP contribution < -0.4 is 4.74 Å². The highest BCUT2D eigenvalue weighted by Gasteiger charge is 2.13. The van der Waals surface area contributed by atoms with Gasteiger partial charge in [-0.05, 0) is 18.2 Å². The number of rotatable bonds is 5. The minimum atomic E-state index is -0.465. The number of methoxy groups -OCH3 is 1. The average molecular weight is 316 g/mol. The topological polar surface area (TPSA) is 55.8 Å². The van der Waals surface area contributed by atoms with Crippen LogP contribution in [0.4, 0.5) is 0 Å². The molecule has 5 nitrogen and oxygen atoms in total. The van der Waals surface area contributed by atoms with Crippen molar-refractivity contribution in [2.75, 3.05) is 27.3 Å². The summed E-state index contributed by atoms with van der Waals surface area (Å²) in [5.41, 5.74) is 0. The van der Waals surface area contributed by atoms with Crippen molar-refractivity contribution >= 4 is 27.8 Å². The van der Waals surface area contributed by atoms with E-state index in [4.69, 9.17) is 4.74 Å². The first-order valence-electron chi connectivity index (χ1n) is 5.22. The molecule has 0 saturated heterocycles. The fraction of sp³-hybridized carbons (Fsp3) is 0.333. The molecule has 1 aromatic carbocycles. The van der Waals surface area contributed by atoms with Crippen LogP contribution in [0.25, 0.3) is 0 Å². The zero-order valence-electron chi connectivity index (χ0n) is 10.2. The molecule has 0 aromatic heterocycles. The fourth-order valence-electron chi connectivity index (χ4n) is 1.16. The molecule has 0 heterocycles. The Morgan fingerprint density at radius 2 is 2.11 bits per heavy atom. The van der Waals surface area contributed by atoms with E-state index in [-0.39, 0.29) is 19.1 Å². The third-order valence-corrected chi connectivity index (χ3v) is 2.67. The van der Waals surface area contributed by atoms with Gasteiger partial charge in [0, 0.05) is 11.5 Å². The van der Waals surface area contributed by atoms with Crippen LogP contribution in [0.1, 0.15) is 0 Å². The summed E-state index contributed by atoms with van der Waals surface area (Å²) in [5, 5.41) is 0. The Morgan fingerprint density at radius 3 is 2.72 bits per heavy atom. The number of esters is 1. The normalized spacial score (nSPS) is 9.72. The molecule has 1 rings (SSSR count). The first kappa shape index (κ1) is 14.5. The number of likely N-dealkylation sites (N-methyl/N-ethyl adjacent to an activating group) is 1. The van der Waals surface area contributed by atoms with Gasteiger partial charge in [-0.15, -0.1) is 0 Å². The zero-order chi connectivity index (χ0) is 13.5. The number of amides is 1. The summed E-state index contributed by atoms with van der Waals surface area (Å²) >= 11 is 3.30. The molecular weight excluding hydrogens is 302 g/mol. The van der Waals surface area contributed by atoms with Crippen LogP contribution in [-0.2, 0) is 14.3 Å². The lowest BCUT2D eigenvalue weighted by Gasteiger charge is -2.15. The van der Waals surface area contributed by atoms with Gasteiger partial charge in [0.2, 0.25) is 0 Å². The molecular formula is C12H14BrNO4. The highest BCUT2D eigenvalue weighted by Crippen LogP contribution is 2.17. The van der Waals surface area contributed by atoms with Gasteiger partial charge in [0.1, 0.15) is 12.3 Å². The van der Waals surface area contributed by atoms with Crippen LogP contribution in [0.15, 0.2) is 28.7 Å². The van der Waals surface area contributed by atoms with Crippen molar-refractivity contribution in [3.05, 3.63) is 28.7 Å². The summed E-state index contributed by atoms with van der Waals surface area (Å²) in [5.74, 6) is -0.169. The first-order valence-corrected chi connectivity index (χ1v) is 6.01. The second-order valence-corrected chi connectivity index (χ2v) is 4.49. The Bertz CT molecular complexity index is 436. The van der Waals surface area contributed by atoms with Gasteiger partial charge in [0.05, 0.1) is 7.11 Å². The number of carbonyl (C=O) groups is 2. The number of hydrogen-bond acceptors (Lipinski definition) is 4. The SMILES string of the molecule is COC(=O)CN(C)C(=O)COc1cccc(Br)c1. The molecule has 1 amide bonds. The Morgan fingerprint density at radius 1 is 1.39 bits per heavy atom. The molecule has 0 fully saturated rings. The van der Waals surface area contributed by atoms with Crippen LogP contribution in [0.2, 0.25) is 0 Å². The van der Waals surface area contributed by atoms with Crippen molar-refractivity contribution in [1.82, 2.24) is 4.90 Å². The van der Waals surface area contributed by atoms with Gasteiger partial charge in [-0.3, -0.25) is 9.59 Å². The summed E-state index contributed by atoms with van der Waals surface area (Å²) in [7, 11) is 2.79. The lowest BCUT2D eigenvalue weighted by atomic mass is 10.3. The highest BCUT2D eigenvalue weighted by molar-refractivity contribution is 9.10. The lowest BCUT2D eigenvalue weighted by molar-refractivity contribution is -0.146. The van der Waals surface area contributed by atoms with Crippen LogP contribution in [0.3, 0.4) is 0 Å². The standard InChI is InChI=1S/C12H14BrNO4/c1-14(7-12(16)17-2)11(15)8-18-10-5-3-4-9(13)6-10/h3-6H,7-8H2,1-2H3. The molecule has 0 spiro atoms. The maximum Gasteiger partial charge on any atom is 0.325 e. The summed E-state index contributed by atoms with van der Waals surface area (Å²) in [4.78, 5) is 23.9. The molecule has 1 aromatic rings. The van der Waals surface area contributed by atoms with Crippen molar-refractivity contribution in [2.45, 2.75) is 0 Å². The molecule has 0 aliphatic rings. The Balaban J connectivity index is 2.43. The maximum absolute atomic E-state index is 11.6. The van der Waals surface area contributed by atoms with Crippen LogP contribution >= 0.6 is 15.9 Å². The van der Waals surface area contributed by atoms with E-state index in [2.05, 4.69) is 20.7 Å². The molecule has 0 unspecified atom stereocenters. The predicted octanol–water partition coefficient (Wildman–Crippen LogP) is 1.46. The van der Waals surface area contributed by atoms with E-state index >= 15 is 0 Å². The Labute approximate surface area is 114 Å². The monoisotopic (exact) mass is 315 g/mol. The van der Waals surface area contributed by atoms with Crippen molar-refractivity contribution in [3.8, 4) is 5.75 Å². The van der Waals surface area contributed by atoms with E-state index in [1.165, 1.54) is 19.1 Å². The quantitative estimate of drug-likeness (QED) is 0.772. The molecule has 0 bridgehead atoms. The number of hydrogen-bond donors (Lipinski definition) is 0. The average Bonchev–Trinajstić information content (AvgIpc) is 2.35. The van der Waals surface area contributed by atoms with Crippen molar-refractivity contribution < 1.29 is 19.1 Å². The summed E-state index contributed by atoms with van der Waals surface area (Å²) in [6, 6.07) is 7.17. The second kappa shape index (κ2) is 7.00. The van der Waals surface area contributed by atoms with Crippen molar-refractivity contribution in [2.24, 2.45) is 0 Å². The van der Waals surface area contributed by atoms with Gasteiger partial charge in [-0.1, -0.05) is 22.0 Å². The Kier molecular flexibility index (Phi) is 5.64. The van der Waals surface area contributed by atoms with Gasteiger partial charge in [0.15, 0.2) is 6.61 Å². The highest BCUT2D eigenvalue weighted by atomic mass is 79.9. The smallest absolute Gasteiger partial charge is 0.325 e.